The lowest BCUT2D eigenvalue weighted by Gasteiger charge is -2.51. The van der Waals surface area contributed by atoms with Gasteiger partial charge in [-0.15, -0.1) is 0 Å². The summed E-state index contributed by atoms with van der Waals surface area (Å²) < 4.78 is 4.22. The number of piperidine rings is 1. The Morgan fingerprint density at radius 1 is 0.909 bits per heavy atom. The van der Waals surface area contributed by atoms with Crippen molar-refractivity contribution >= 4 is 25.6 Å². The highest BCUT2D eigenvalue weighted by atomic mass is 32.1. The van der Waals surface area contributed by atoms with Gasteiger partial charge in [-0.3, -0.25) is 8.61 Å². The zero-order valence-electron chi connectivity index (χ0n) is 6.53. The summed E-state index contributed by atoms with van der Waals surface area (Å²) in [5.41, 5.74) is 0.612. The zero-order valence-corrected chi connectivity index (χ0v) is 8.32. The molecule has 2 saturated heterocycles. The Morgan fingerprint density at radius 2 is 1.45 bits per heavy atom. The molecule has 2 nitrogen and oxygen atoms in total. The molecule has 0 atom stereocenters. The minimum atomic E-state index is 0.612. The first-order chi connectivity index (χ1) is 5.20. The topological polar surface area (TPSA) is 6.48 Å². The number of hydrogen-bond donors (Lipinski definition) is 2. The first-order valence-electron chi connectivity index (χ1n) is 4.08. The van der Waals surface area contributed by atoms with Crippen LogP contribution >= 0.6 is 25.6 Å². The van der Waals surface area contributed by atoms with Crippen LogP contribution in [0.15, 0.2) is 0 Å². The minimum Gasteiger partial charge on any atom is -0.253 e. The number of thiol groups is 2. The lowest BCUT2D eigenvalue weighted by molar-refractivity contribution is 0.0305. The third-order valence-electron chi connectivity index (χ3n) is 2.84. The molecule has 1 spiro atoms. The Labute approximate surface area is 79.0 Å². The molecule has 11 heavy (non-hydrogen) atoms. The normalized spacial score (nSPS) is 32.2. The van der Waals surface area contributed by atoms with Crippen LogP contribution in [-0.4, -0.2) is 34.8 Å². The van der Waals surface area contributed by atoms with Crippen LogP contribution in [0, 0.1) is 5.41 Å². The lowest BCUT2D eigenvalue weighted by atomic mass is 9.74. The molecule has 2 heterocycles. The van der Waals surface area contributed by atoms with Crippen molar-refractivity contribution in [1.82, 2.24) is 8.61 Å². The fourth-order valence-electron chi connectivity index (χ4n) is 2.01. The van der Waals surface area contributed by atoms with Crippen molar-refractivity contribution in [2.45, 2.75) is 12.8 Å². The van der Waals surface area contributed by atoms with E-state index in [2.05, 4.69) is 34.2 Å². The van der Waals surface area contributed by atoms with Crippen molar-refractivity contribution in [3.8, 4) is 0 Å². The molecule has 0 aliphatic carbocycles. The summed E-state index contributed by atoms with van der Waals surface area (Å²) in [5.74, 6) is 0. The SMILES string of the molecule is SN1CCC2(CC1)CN(S)C2. The average molecular weight is 190 g/mol. The van der Waals surface area contributed by atoms with Crippen LogP contribution in [0.25, 0.3) is 0 Å². The van der Waals surface area contributed by atoms with Crippen LogP contribution in [0.4, 0.5) is 0 Å². The van der Waals surface area contributed by atoms with Crippen molar-refractivity contribution < 1.29 is 0 Å². The Bertz CT molecular complexity index is 147. The van der Waals surface area contributed by atoms with Gasteiger partial charge < -0.3 is 0 Å². The molecule has 0 saturated carbocycles. The van der Waals surface area contributed by atoms with E-state index >= 15 is 0 Å². The molecule has 0 amide bonds. The quantitative estimate of drug-likeness (QED) is 0.552. The van der Waals surface area contributed by atoms with Crippen molar-refractivity contribution in [3.63, 3.8) is 0 Å². The van der Waals surface area contributed by atoms with Gasteiger partial charge in [0.05, 0.1) is 0 Å². The van der Waals surface area contributed by atoms with E-state index in [9.17, 15) is 0 Å². The van der Waals surface area contributed by atoms with E-state index in [-0.39, 0.29) is 0 Å². The van der Waals surface area contributed by atoms with Gasteiger partial charge in [0.25, 0.3) is 0 Å². The van der Waals surface area contributed by atoms with Crippen LogP contribution in [-0.2, 0) is 0 Å². The molecule has 0 radical (unpaired) electrons. The Balaban J connectivity index is 1.88. The number of nitrogens with zero attached hydrogens (tertiary/aromatic N) is 2. The fourth-order valence-corrected chi connectivity index (χ4v) is 2.81. The average Bonchev–Trinajstić information content (AvgIpc) is 1.92. The van der Waals surface area contributed by atoms with Gasteiger partial charge in [0.15, 0.2) is 0 Å². The molecular formula is C7H14N2S2. The molecule has 0 aromatic carbocycles. The van der Waals surface area contributed by atoms with Gasteiger partial charge in [-0.25, -0.2) is 0 Å². The number of rotatable bonds is 0. The first-order valence-corrected chi connectivity index (χ1v) is 4.88. The zero-order chi connectivity index (χ0) is 7.90. The minimum absolute atomic E-state index is 0.612. The van der Waals surface area contributed by atoms with E-state index in [1.54, 1.807) is 0 Å². The summed E-state index contributed by atoms with van der Waals surface area (Å²) in [4.78, 5) is 0. The Hall–Kier alpha value is 0.620. The van der Waals surface area contributed by atoms with E-state index < -0.39 is 0 Å². The highest BCUT2D eigenvalue weighted by molar-refractivity contribution is 7.77. The van der Waals surface area contributed by atoms with E-state index in [4.69, 9.17) is 0 Å². The second-order valence-electron chi connectivity index (χ2n) is 3.78. The molecular weight excluding hydrogens is 176 g/mol. The van der Waals surface area contributed by atoms with E-state index in [1.165, 1.54) is 25.9 Å². The highest BCUT2D eigenvalue weighted by Gasteiger charge is 2.43. The maximum atomic E-state index is 4.33. The lowest BCUT2D eigenvalue weighted by Crippen LogP contribution is -2.55. The van der Waals surface area contributed by atoms with Gasteiger partial charge in [0.2, 0.25) is 0 Å². The van der Waals surface area contributed by atoms with E-state index in [0.717, 1.165) is 13.1 Å². The van der Waals surface area contributed by atoms with Crippen LogP contribution in [0.1, 0.15) is 12.8 Å². The monoisotopic (exact) mass is 190 g/mol. The van der Waals surface area contributed by atoms with E-state index in [0.29, 0.717) is 5.41 Å². The molecule has 0 aromatic heterocycles. The molecule has 2 aliphatic heterocycles. The van der Waals surface area contributed by atoms with Crippen molar-refractivity contribution in [3.05, 3.63) is 0 Å². The van der Waals surface area contributed by atoms with Crippen LogP contribution < -0.4 is 0 Å². The third-order valence-corrected chi connectivity index (χ3v) is 3.52. The van der Waals surface area contributed by atoms with Gasteiger partial charge in [-0.1, -0.05) is 25.6 Å². The fraction of sp³-hybridized carbons (Fsp3) is 1.00. The predicted molar refractivity (Wildman–Crippen MR) is 52.8 cm³/mol. The summed E-state index contributed by atoms with van der Waals surface area (Å²) in [5, 5.41) is 0. The molecule has 0 unspecified atom stereocenters. The summed E-state index contributed by atoms with van der Waals surface area (Å²) >= 11 is 8.62. The van der Waals surface area contributed by atoms with Crippen molar-refractivity contribution in [2.75, 3.05) is 26.2 Å². The molecule has 2 aliphatic rings. The summed E-state index contributed by atoms with van der Waals surface area (Å²) in [6.45, 7) is 4.64. The molecule has 2 rings (SSSR count). The molecule has 4 heteroatoms. The van der Waals surface area contributed by atoms with Gasteiger partial charge in [-0.2, -0.15) is 0 Å². The van der Waals surface area contributed by atoms with Crippen molar-refractivity contribution in [1.29, 1.82) is 0 Å². The van der Waals surface area contributed by atoms with Crippen LogP contribution in [0.3, 0.4) is 0 Å². The summed E-state index contributed by atoms with van der Waals surface area (Å²) in [7, 11) is 0. The largest absolute Gasteiger partial charge is 0.253 e. The third kappa shape index (κ3) is 1.54. The van der Waals surface area contributed by atoms with Gasteiger partial charge >= 0.3 is 0 Å². The molecule has 0 N–H and O–H groups in total. The molecule has 0 bridgehead atoms. The molecule has 2 fully saturated rings. The summed E-state index contributed by atoms with van der Waals surface area (Å²) in [6.07, 6.45) is 2.60. The molecule has 0 aromatic rings. The Kier molecular flexibility index (Phi) is 2.12. The van der Waals surface area contributed by atoms with Gasteiger partial charge in [-0.05, 0) is 12.8 Å². The van der Waals surface area contributed by atoms with E-state index in [1.807, 2.05) is 0 Å². The second kappa shape index (κ2) is 2.83. The smallest absolute Gasteiger partial charge is 0.0157 e. The second-order valence-corrected chi connectivity index (χ2v) is 4.91. The predicted octanol–water partition coefficient (Wildman–Crippen LogP) is 1.07. The van der Waals surface area contributed by atoms with Crippen LogP contribution in [0.5, 0.6) is 0 Å². The Morgan fingerprint density at radius 3 is 1.91 bits per heavy atom. The van der Waals surface area contributed by atoms with Crippen LogP contribution in [0.2, 0.25) is 0 Å². The maximum absolute atomic E-state index is 4.33. The van der Waals surface area contributed by atoms with Gasteiger partial charge in [0.1, 0.15) is 0 Å². The van der Waals surface area contributed by atoms with Gasteiger partial charge in [0, 0.05) is 31.6 Å². The first kappa shape index (κ1) is 8.23. The summed E-state index contributed by atoms with van der Waals surface area (Å²) in [6, 6.07) is 0. The molecule has 64 valence electrons. The van der Waals surface area contributed by atoms with Crippen molar-refractivity contribution in [2.24, 2.45) is 5.41 Å². The standard InChI is InChI=1S/C7H14N2S2/c10-8-3-1-7(2-4-8)5-9(11)6-7/h10-11H,1-6H2. The highest BCUT2D eigenvalue weighted by Crippen LogP contribution is 2.41. The maximum Gasteiger partial charge on any atom is 0.0157 e. The number of hydrogen-bond acceptors (Lipinski definition) is 4.